The number of ether oxygens (including phenoxy) is 2. The third-order valence-electron chi connectivity index (χ3n) is 3.72. The first-order chi connectivity index (χ1) is 10.8. The number of methoxy groups -OCH3 is 2. The zero-order chi connectivity index (χ0) is 17.5. The lowest BCUT2D eigenvalue weighted by atomic mass is 10.1. The molecule has 0 aliphatic heterocycles. The van der Waals surface area contributed by atoms with Gasteiger partial charge in [-0.3, -0.25) is 4.98 Å². The van der Waals surface area contributed by atoms with Gasteiger partial charge in [0.1, 0.15) is 5.75 Å². The highest BCUT2D eigenvalue weighted by Crippen LogP contribution is 2.24. The fraction of sp³-hybridized carbons (Fsp3) is 0.647. The molecular weight excluding hydrogens is 419 g/mol. The van der Waals surface area contributed by atoms with Crippen LogP contribution in [-0.2, 0) is 11.3 Å². The zero-order valence-electron chi connectivity index (χ0n) is 15.8. The van der Waals surface area contributed by atoms with Gasteiger partial charge in [-0.15, -0.1) is 24.0 Å². The summed E-state index contributed by atoms with van der Waals surface area (Å²) in [6.45, 7) is 12.0. The maximum absolute atomic E-state index is 5.44. The number of hydrogen-bond donors (Lipinski definition) is 2. The first kappa shape index (κ1) is 22.9. The van der Waals surface area contributed by atoms with Crippen molar-refractivity contribution in [3.8, 4) is 5.75 Å². The second kappa shape index (κ2) is 10.7. The second-order valence-electron chi connectivity index (χ2n) is 6.06. The quantitative estimate of drug-likeness (QED) is 0.380. The summed E-state index contributed by atoms with van der Waals surface area (Å²) in [5.74, 6) is 1.63. The molecule has 0 unspecified atom stereocenters. The average Bonchev–Trinajstić information content (AvgIpc) is 2.52. The van der Waals surface area contributed by atoms with Crippen LogP contribution in [0.15, 0.2) is 11.2 Å². The molecule has 0 aliphatic rings. The molecule has 1 aromatic heterocycles. The maximum Gasteiger partial charge on any atom is 0.191 e. The van der Waals surface area contributed by atoms with Gasteiger partial charge in [0, 0.05) is 37.5 Å². The summed E-state index contributed by atoms with van der Waals surface area (Å²) in [4.78, 5) is 9.08. The number of halogens is 1. The first-order valence-electron chi connectivity index (χ1n) is 7.91. The van der Waals surface area contributed by atoms with Crippen LogP contribution in [0.4, 0.5) is 0 Å². The van der Waals surface area contributed by atoms with Crippen molar-refractivity contribution in [3.05, 3.63) is 23.0 Å². The average molecular weight is 450 g/mol. The largest absolute Gasteiger partial charge is 0.496 e. The molecule has 0 amide bonds. The third-order valence-corrected chi connectivity index (χ3v) is 3.72. The third kappa shape index (κ3) is 6.80. The number of nitrogens with zero attached hydrogens (tertiary/aromatic N) is 2. The van der Waals surface area contributed by atoms with Crippen LogP contribution in [0.5, 0.6) is 5.75 Å². The number of guanidine groups is 1. The highest BCUT2D eigenvalue weighted by molar-refractivity contribution is 14.0. The molecule has 0 bridgehead atoms. The number of aliphatic imine (C=N–C) groups is 1. The topological polar surface area (TPSA) is 67.8 Å². The molecule has 1 aromatic rings. The number of rotatable bonds is 7. The molecular formula is C17H31IN4O2. The number of nitrogens with one attached hydrogen (secondary N) is 2. The molecule has 0 saturated carbocycles. The van der Waals surface area contributed by atoms with E-state index in [1.54, 1.807) is 14.2 Å². The van der Waals surface area contributed by atoms with Gasteiger partial charge in [0.15, 0.2) is 5.96 Å². The summed E-state index contributed by atoms with van der Waals surface area (Å²) in [5.41, 5.74) is 2.72. The van der Waals surface area contributed by atoms with Crippen molar-refractivity contribution >= 4 is 29.9 Å². The number of pyridine rings is 1. The van der Waals surface area contributed by atoms with E-state index >= 15 is 0 Å². The standard InChI is InChI=1S/C17H30N4O2.HI/c1-8-18-16(21-11-17(4,5)23-7)20-10-14-13(3)15(22-6)12(2)9-19-14;/h9H,8,10-11H2,1-7H3,(H2,18,20,21);1H. The van der Waals surface area contributed by atoms with Crippen LogP contribution in [0.3, 0.4) is 0 Å². The molecule has 1 rings (SSSR count). The van der Waals surface area contributed by atoms with E-state index in [0.29, 0.717) is 13.1 Å². The van der Waals surface area contributed by atoms with Crippen LogP contribution < -0.4 is 15.4 Å². The van der Waals surface area contributed by atoms with Gasteiger partial charge in [0.25, 0.3) is 0 Å². The molecule has 6 nitrogen and oxygen atoms in total. The summed E-state index contributed by atoms with van der Waals surface area (Å²) in [5, 5.41) is 6.53. The van der Waals surface area contributed by atoms with Gasteiger partial charge < -0.3 is 20.1 Å². The molecule has 0 saturated heterocycles. The molecule has 7 heteroatoms. The summed E-state index contributed by atoms with van der Waals surface area (Å²) in [7, 11) is 3.39. The van der Waals surface area contributed by atoms with Crippen molar-refractivity contribution in [2.45, 2.75) is 46.8 Å². The highest BCUT2D eigenvalue weighted by Gasteiger charge is 2.16. The molecule has 0 fully saturated rings. The fourth-order valence-electron chi connectivity index (χ4n) is 2.09. The van der Waals surface area contributed by atoms with Gasteiger partial charge in [0.2, 0.25) is 0 Å². The predicted molar refractivity (Wildman–Crippen MR) is 110 cm³/mol. The van der Waals surface area contributed by atoms with Crippen molar-refractivity contribution in [2.75, 3.05) is 27.3 Å². The minimum absolute atomic E-state index is 0. The van der Waals surface area contributed by atoms with Crippen molar-refractivity contribution in [1.82, 2.24) is 15.6 Å². The Morgan fingerprint density at radius 2 is 1.92 bits per heavy atom. The minimum Gasteiger partial charge on any atom is -0.496 e. The Morgan fingerprint density at radius 3 is 2.46 bits per heavy atom. The molecule has 1 heterocycles. The van der Waals surface area contributed by atoms with E-state index in [2.05, 4.69) is 20.6 Å². The van der Waals surface area contributed by atoms with Crippen LogP contribution in [0.1, 0.15) is 37.6 Å². The van der Waals surface area contributed by atoms with Gasteiger partial charge in [-0.05, 0) is 34.6 Å². The molecule has 138 valence electrons. The van der Waals surface area contributed by atoms with Crippen molar-refractivity contribution in [2.24, 2.45) is 4.99 Å². The second-order valence-corrected chi connectivity index (χ2v) is 6.06. The number of hydrogen-bond acceptors (Lipinski definition) is 4. The lowest BCUT2D eigenvalue weighted by molar-refractivity contribution is 0.0268. The van der Waals surface area contributed by atoms with Gasteiger partial charge in [0.05, 0.1) is 24.9 Å². The summed E-state index contributed by atoms with van der Waals surface area (Å²) < 4.78 is 10.9. The van der Waals surface area contributed by atoms with Crippen LogP contribution in [-0.4, -0.2) is 43.9 Å². The van der Waals surface area contributed by atoms with Gasteiger partial charge in [-0.1, -0.05) is 0 Å². The minimum atomic E-state index is -0.253. The van der Waals surface area contributed by atoms with E-state index in [0.717, 1.165) is 35.1 Å². The predicted octanol–water partition coefficient (Wildman–Crippen LogP) is 2.81. The van der Waals surface area contributed by atoms with Crippen LogP contribution >= 0.6 is 24.0 Å². The van der Waals surface area contributed by atoms with Gasteiger partial charge in [-0.25, -0.2) is 4.99 Å². The fourth-order valence-corrected chi connectivity index (χ4v) is 2.09. The van der Waals surface area contributed by atoms with Crippen LogP contribution in [0, 0.1) is 13.8 Å². The molecule has 24 heavy (non-hydrogen) atoms. The Hall–Kier alpha value is -1.09. The summed E-state index contributed by atoms with van der Waals surface area (Å²) >= 11 is 0. The van der Waals surface area contributed by atoms with Crippen molar-refractivity contribution in [3.63, 3.8) is 0 Å². The number of aryl methyl sites for hydroxylation is 1. The Morgan fingerprint density at radius 1 is 1.25 bits per heavy atom. The molecule has 0 atom stereocenters. The Kier molecular flexibility index (Phi) is 10.2. The summed E-state index contributed by atoms with van der Waals surface area (Å²) in [6, 6.07) is 0. The first-order valence-corrected chi connectivity index (χ1v) is 7.91. The van der Waals surface area contributed by atoms with E-state index in [4.69, 9.17) is 9.47 Å². The lowest BCUT2D eigenvalue weighted by Crippen LogP contribution is -2.45. The van der Waals surface area contributed by atoms with Crippen molar-refractivity contribution in [1.29, 1.82) is 0 Å². The Bertz CT molecular complexity index is 548. The summed E-state index contributed by atoms with van der Waals surface area (Å²) in [6.07, 6.45) is 1.82. The van der Waals surface area contributed by atoms with Crippen LogP contribution in [0.2, 0.25) is 0 Å². The normalized spacial score (nSPS) is 11.7. The molecule has 0 aliphatic carbocycles. The van der Waals surface area contributed by atoms with Crippen molar-refractivity contribution < 1.29 is 9.47 Å². The van der Waals surface area contributed by atoms with Gasteiger partial charge in [-0.2, -0.15) is 0 Å². The lowest BCUT2D eigenvalue weighted by Gasteiger charge is -2.24. The SMILES string of the molecule is CCNC(=NCc1ncc(C)c(OC)c1C)NCC(C)(C)OC.I. The van der Waals surface area contributed by atoms with E-state index in [1.807, 2.05) is 40.8 Å². The Labute approximate surface area is 162 Å². The molecule has 0 aromatic carbocycles. The van der Waals surface area contributed by atoms with Crippen LogP contribution in [0.25, 0.3) is 0 Å². The molecule has 2 N–H and O–H groups in total. The zero-order valence-corrected chi connectivity index (χ0v) is 18.1. The van der Waals surface area contributed by atoms with E-state index in [-0.39, 0.29) is 29.6 Å². The smallest absolute Gasteiger partial charge is 0.191 e. The van der Waals surface area contributed by atoms with E-state index in [9.17, 15) is 0 Å². The molecule has 0 radical (unpaired) electrons. The highest BCUT2D eigenvalue weighted by atomic mass is 127. The maximum atomic E-state index is 5.44. The monoisotopic (exact) mass is 450 g/mol. The Balaban J connectivity index is 0.00000529. The van der Waals surface area contributed by atoms with Gasteiger partial charge >= 0.3 is 0 Å². The number of aromatic nitrogens is 1. The molecule has 0 spiro atoms. The van der Waals surface area contributed by atoms with E-state index < -0.39 is 0 Å². The van der Waals surface area contributed by atoms with E-state index in [1.165, 1.54) is 0 Å².